The Labute approximate surface area is 156 Å². The van der Waals surface area contributed by atoms with Gasteiger partial charge >= 0.3 is 0 Å². The Hall–Kier alpha value is -1.55. The summed E-state index contributed by atoms with van der Waals surface area (Å²) in [5, 5.41) is 3.22. The number of nitrogens with one attached hydrogen (secondary N) is 1. The fourth-order valence-corrected chi connectivity index (χ4v) is 6.42. The number of hydrogen-bond donors (Lipinski definition) is 1. The number of rotatable bonds is 7. The standard InChI is InChI=1S/C22H31NO3/c1-25-9-3-8-23-20(24)22-13-16-10-17(14-22)12-21(11-16,15-22)18-4-6-19(26-2)7-5-18/h4-7,16-17H,3,8-15H2,1-2H3,(H,23,24)/t16-,17+,21?,22?. The third-order valence-electron chi connectivity index (χ3n) is 7.06. The molecule has 0 heterocycles. The maximum atomic E-state index is 13.2. The van der Waals surface area contributed by atoms with Crippen LogP contribution >= 0.6 is 0 Å². The van der Waals surface area contributed by atoms with Gasteiger partial charge in [0, 0.05) is 20.3 Å². The second kappa shape index (κ2) is 6.88. The third-order valence-corrected chi connectivity index (χ3v) is 7.06. The maximum Gasteiger partial charge on any atom is 0.226 e. The Balaban J connectivity index is 1.56. The molecule has 4 atom stereocenters. The van der Waals surface area contributed by atoms with Crippen molar-refractivity contribution in [2.45, 2.75) is 50.4 Å². The first-order valence-corrected chi connectivity index (χ1v) is 10.0. The first-order chi connectivity index (χ1) is 12.6. The van der Waals surface area contributed by atoms with Crippen LogP contribution in [-0.2, 0) is 14.9 Å². The Kier molecular flexibility index (Phi) is 4.72. The summed E-state index contributed by atoms with van der Waals surface area (Å²) >= 11 is 0. The van der Waals surface area contributed by atoms with Crippen LogP contribution in [0.4, 0.5) is 0 Å². The van der Waals surface area contributed by atoms with Crippen LogP contribution in [0.15, 0.2) is 24.3 Å². The normalized spacial score (nSPS) is 34.7. The first-order valence-electron chi connectivity index (χ1n) is 10.0. The molecule has 4 saturated carbocycles. The predicted molar refractivity (Wildman–Crippen MR) is 101 cm³/mol. The molecule has 4 aliphatic carbocycles. The minimum absolute atomic E-state index is 0.156. The smallest absolute Gasteiger partial charge is 0.226 e. The molecule has 4 aliphatic rings. The molecule has 0 radical (unpaired) electrons. The van der Waals surface area contributed by atoms with Gasteiger partial charge in [-0.2, -0.15) is 0 Å². The molecule has 1 aromatic rings. The number of carbonyl (C=O) groups excluding carboxylic acids is 1. The third kappa shape index (κ3) is 3.02. The summed E-state index contributed by atoms with van der Waals surface area (Å²) in [5.41, 5.74) is 1.43. The van der Waals surface area contributed by atoms with Gasteiger partial charge in [0.05, 0.1) is 12.5 Å². The predicted octanol–water partition coefficient (Wildman–Crippen LogP) is 3.69. The van der Waals surface area contributed by atoms with Crippen LogP contribution in [0.3, 0.4) is 0 Å². The summed E-state index contributed by atoms with van der Waals surface area (Å²) in [5.74, 6) is 2.59. The molecule has 1 aromatic carbocycles. The van der Waals surface area contributed by atoms with E-state index in [9.17, 15) is 4.79 Å². The topological polar surface area (TPSA) is 47.6 Å². The molecule has 5 rings (SSSR count). The molecular formula is C22H31NO3. The Morgan fingerprint density at radius 1 is 1.12 bits per heavy atom. The van der Waals surface area contributed by atoms with E-state index in [1.54, 1.807) is 14.2 Å². The number of amides is 1. The van der Waals surface area contributed by atoms with Gasteiger partial charge in [0.25, 0.3) is 0 Å². The van der Waals surface area contributed by atoms with Crippen LogP contribution in [0.5, 0.6) is 5.75 Å². The average Bonchev–Trinajstić information content (AvgIpc) is 2.64. The fourth-order valence-electron chi connectivity index (χ4n) is 6.42. The zero-order chi connectivity index (χ0) is 18.2. The van der Waals surface area contributed by atoms with Gasteiger partial charge in [0.1, 0.15) is 5.75 Å². The van der Waals surface area contributed by atoms with Crippen molar-refractivity contribution in [3.63, 3.8) is 0 Å². The summed E-state index contributed by atoms with van der Waals surface area (Å²) < 4.78 is 10.4. The highest BCUT2D eigenvalue weighted by Gasteiger charge is 2.60. The van der Waals surface area contributed by atoms with Crippen molar-refractivity contribution < 1.29 is 14.3 Å². The molecule has 0 spiro atoms. The van der Waals surface area contributed by atoms with E-state index in [-0.39, 0.29) is 10.8 Å². The molecule has 1 amide bonds. The minimum atomic E-state index is -0.156. The SMILES string of the molecule is COCCCNC(=O)C12C[C@H]3C[C@@H](C1)CC(c1ccc(OC)cc1)(C3)C2. The monoisotopic (exact) mass is 357 g/mol. The lowest BCUT2D eigenvalue weighted by Crippen LogP contribution is -2.59. The summed E-state index contributed by atoms with van der Waals surface area (Å²) in [4.78, 5) is 13.2. The van der Waals surface area contributed by atoms with Crippen molar-refractivity contribution >= 4 is 5.91 Å². The highest BCUT2D eigenvalue weighted by molar-refractivity contribution is 5.83. The molecular weight excluding hydrogens is 326 g/mol. The molecule has 4 heteroatoms. The highest BCUT2D eigenvalue weighted by atomic mass is 16.5. The van der Waals surface area contributed by atoms with E-state index in [0.29, 0.717) is 24.3 Å². The Bertz CT molecular complexity index is 640. The van der Waals surface area contributed by atoms with Crippen molar-refractivity contribution in [2.24, 2.45) is 17.3 Å². The molecule has 4 bridgehead atoms. The van der Waals surface area contributed by atoms with Crippen molar-refractivity contribution in [3.05, 3.63) is 29.8 Å². The average molecular weight is 357 g/mol. The van der Waals surface area contributed by atoms with Gasteiger partial charge in [-0.3, -0.25) is 4.79 Å². The van der Waals surface area contributed by atoms with Crippen LogP contribution in [0.1, 0.15) is 50.5 Å². The quantitative estimate of drug-likeness (QED) is 0.757. The molecule has 26 heavy (non-hydrogen) atoms. The fraction of sp³-hybridized carbons (Fsp3) is 0.682. The number of methoxy groups -OCH3 is 2. The first kappa shape index (κ1) is 17.8. The van der Waals surface area contributed by atoms with Gasteiger partial charge in [0.2, 0.25) is 5.91 Å². The van der Waals surface area contributed by atoms with Crippen molar-refractivity contribution in [1.82, 2.24) is 5.32 Å². The Morgan fingerprint density at radius 3 is 2.42 bits per heavy atom. The highest BCUT2D eigenvalue weighted by Crippen LogP contribution is 2.65. The minimum Gasteiger partial charge on any atom is -0.497 e. The van der Waals surface area contributed by atoms with Crippen molar-refractivity contribution in [2.75, 3.05) is 27.4 Å². The summed E-state index contributed by atoms with van der Waals surface area (Å²) in [7, 11) is 3.42. The molecule has 2 unspecified atom stereocenters. The van der Waals surface area contributed by atoms with Crippen LogP contribution in [0.25, 0.3) is 0 Å². The van der Waals surface area contributed by atoms with Crippen LogP contribution in [0, 0.1) is 17.3 Å². The number of benzene rings is 1. The summed E-state index contributed by atoms with van der Waals surface area (Å²) in [6, 6.07) is 8.61. The number of carbonyl (C=O) groups is 1. The second-order valence-electron chi connectivity index (χ2n) is 8.85. The largest absolute Gasteiger partial charge is 0.497 e. The molecule has 0 saturated heterocycles. The van der Waals surface area contributed by atoms with Crippen molar-refractivity contribution in [3.8, 4) is 5.75 Å². The summed E-state index contributed by atoms with van der Waals surface area (Å²) in [6.07, 6.45) is 7.86. The van der Waals surface area contributed by atoms with Crippen LogP contribution in [0.2, 0.25) is 0 Å². The second-order valence-corrected chi connectivity index (χ2v) is 8.85. The Morgan fingerprint density at radius 2 is 1.81 bits per heavy atom. The van der Waals surface area contributed by atoms with Crippen LogP contribution < -0.4 is 10.1 Å². The lowest BCUT2D eigenvalue weighted by atomic mass is 9.42. The zero-order valence-corrected chi connectivity index (χ0v) is 16.1. The van der Waals surface area contributed by atoms with E-state index in [4.69, 9.17) is 9.47 Å². The molecule has 4 nitrogen and oxygen atoms in total. The van der Waals surface area contributed by atoms with E-state index in [1.807, 2.05) is 0 Å². The molecule has 0 aromatic heterocycles. The van der Waals surface area contributed by atoms with E-state index < -0.39 is 0 Å². The number of hydrogen-bond acceptors (Lipinski definition) is 3. The van der Waals surface area contributed by atoms with E-state index >= 15 is 0 Å². The zero-order valence-electron chi connectivity index (χ0n) is 16.1. The number of ether oxygens (including phenoxy) is 2. The maximum absolute atomic E-state index is 13.2. The van der Waals surface area contributed by atoms with Gasteiger partial charge in [-0.1, -0.05) is 12.1 Å². The molecule has 142 valence electrons. The van der Waals surface area contributed by atoms with Crippen LogP contribution in [-0.4, -0.2) is 33.3 Å². The summed E-state index contributed by atoms with van der Waals surface area (Å²) in [6.45, 7) is 1.42. The van der Waals surface area contributed by atoms with Gasteiger partial charge in [-0.15, -0.1) is 0 Å². The van der Waals surface area contributed by atoms with E-state index in [2.05, 4.69) is 29.6 Å². The van der Waals surface area contributed by atoms with Gasteiger partial charge in [0.15, 0.2) is 0 Å². The lowest BCUT2D eigenvalue weighted by Gasteiger charge is -2.61. The van der Waals surface area contributed by atoms with Gasteiger partial charge in [-0.25, -0.2) is 0 Å². The van der Waals surface area contributed by atoms with Crippen molar-refractivity contribution in [1.29, 1.82) is 0 Å². The van der Waals surface area contributed by atoms with E-state index in [0.717, 1.165) is 38.0 Å². The molecule has 1 N–H and O–H groups in total. The lowest BCUT2D eigenvalue weighted by molar-refractivity contribution is -0.149. The van der Waals surface area contributed by atoms with Gasteiger partial charge < -0.3 is 14.8 Å². The van der Waals surface area contributed by atoms with E-state index in [1.165, 1.54) is 24.8 Å². The van der Waals surface area contributed by atoms with Gasteiger partial charge in [-0.05, 0) is 79.9 Å². The molecule has 4 fully saturated rings. The molecule has 0 aliphatic heterocycles.